The van der Waals surface area contributed by atoms with E-state index in [1.807, 2.05) is 6.07 Å². The second-order valence-electron chi connectivity index (χ2n) is 8.02. The molecule has 0 aliphatic rings. The molecule has 0 saturated heterocycles. The predicted octanol–water partition coefficient (Wildman–Crippen LogP) is 4.41. The van der Waals surface area contributed by atoms with E-state index in [-0.39, 0.29) is 41.1 Å². The highest BCUT2D eigenvalue weighted by molar-refractivity contribution is 5.84. The first-order chi connectivity index (χ1) is 15.5. The molecule has 33 heavy (non-hydrogen) atoms. The minimum atomic E-state index is -4.65. The fourth-order valence-corrected chi connectivity index (χ4v) is 3.42. The first kappa shape index (κ1) is 24.0. The van der Waals surface area contributed by atoms with Crippen molar-refractivity contribution in [3.63, 3.8) is 0 Å². The molecule has 0 bridgehead atoms. The summed E-state index contributed by atoms with van der Waals surface area (Å²) in [5.41, 5.74) is 0.519. The van der Waals surface area contributed by atoms with Gasteiger partial charge in [-0.25, -0.2) is 9.97 Å². The van der Waals surface area contributed by atoms with Gasteiger partial charge in [-0.05, 0) is 30.7 Å². The van der Waals surface area contributed by atoms with Gasteiger partial charge >= 0.3 is 6.18 Å². The number of nitrogens with zero attached hydrogens (tertiary/aromatic N) is 5. The Morgan fingerprint density at radius 2 is 2.03 bits per heavy atom. The largest absolute Gasteiger partial charge is 0.493 e. The Morgan fingerprint density at radius 3 is 2.67 bits per heavy atom. The number of imidazole rings is 1. The van der Waals surface area contributed by atoms with Crippen molar-refractivity contribution in [2.45, 2.75) is 26.4 Å². The summed E-state index contributed by atoms with van der Waals surface area (Å²) < 4.78 is 48.4. The molecule has 2 heterocycles. The van der Waals surface area contributed by atoms with Crippen molar-refractivity contribution in [3.8, 4) is 23.1 Å². The summed E-state index contributed by atoms with van der Waals surface area (Å²) in [7, 11) is 3.38. The number of aryl methyl sites for hydroxylation is 1. The molecule has 1 aromatic carbocycles. The molecule has 10 heteroatoms. The lowest BCUT2D eigenvalue weighted by Crippen LogP contribution is -2.32. The van der Waals surface area contributed by atoms with Crippen molar-refractivity contribution in [2.24, 2.45) is 13.0 Å². The van der Waals surface area contributed by atoms with Gasteiger partial charge in [-0.1, -0.05) is 13.8 Å². The van der Waals surface area contributed by atoms with Gasteiger partial charge in [-0.3, -0.25) is 4.79 Å². The van der Waals surface area contributed by atoms with Crippen LogP contribution in [-0.2, 0) is 18.0 Å². The lowest BCUT2D eigenvalue weighted by molar-refractivity contribution is -0.138. The van der Waals surface area contributed by atoms with Crippen LogP contribution in [-0.4, -0.2) is 45.5 Å². The Hall–Kier alpha value is -3.61. The van der Waals surface area contributed by atoms with Gasteiger partial charge < -0.3 is 14.2 Å². The number of ether oxygens (including phenoxy) is 1. The monoisotopic (exact) mass is 459 g/mol. The number of aromatic nitrogens is 3. The second-order valence-corrected chi connectivity index (χ2v) is 8.02. The quantitative estimate of drug-likeness (QED) is 0.489. The maximum atomic E-state index is 13.8. The van der Waals surface area contributed by atoms with Gasteiger partial charge in [0.2, 0.25) is 5.91 Å². The molecule has 0 aliphatic carbocycles. The van der Waals surface area contributed by atoms with Crippen LogP contribution in [0.3, 0.4) is 0 Å². The number of rotatable bonds is 7. The van der Waals surface area contributed by atoms with E-state index in [2.05, 4.69) is 9.97 Å². The van der Waals surface area contributed by atoms with Crippen LogP contribution in [0.2, 0.25) is 0 Å². The standard InChI is InChI=1S/C23H24F3N5O2/c1-14(2)22(32)30(3)8-5-9-33-20-7-6-15(10-16(20)23(24,25)26)17-11-19-21(18(12-27)29-17)28-13-31(19)4/h6-7,10-11,13-14H,5,8-9H2,1-4H3. The van der Waals surface area contributed by atoms with E-state index >= 15 is 0 Å². The highest BCUT2D eigenvalue weighted by Crippen LogP contribution is 2.39. The zero-order valence-electron chi connectivity index (χ0n) is 18.8. The number of carbonyl (C=O) groups is 1. The number of hydrogen-bond donors (Lipinski definition) is 0. The SMILES string of the molecule is CC(C)C(=O)N(C)CCCOc1ccc(-c2cc3c(ncn3C)c(C#N)n2)cc1C(F)(F)F. The van der Waals surface area contributed by atoms with Gasteiger partial charge in [0.25, 0.3) is 0 Å². The van der Waals surface area contributed by atoms with Crippen LogP contribution < -0.4 is 4.74 Å². The number of pyridine rings is 1. The Labute approximate surface area is 189 Å². The van der Waals surface area contributed by atoms with Crippen LogP contribution in [0.15, 0.2) is 30.6 Å². The summed E-state index contributed by atoms with van der Waals surface area (Å²) in [5, 5.41) is 9.38. The van der Waals surface area contributed by atoms with Gasteiger partial charge in [-0.15, -0.1) is 0 Å². The number of nitriles is 1. The average molecular weight is 459 g/mol. The van der Waals surface area contributed by atoms with Gasteiger partial charge in [0.05, 0.1) is 29.7 Å². The van der Waals surface area contributed by atoms with Crippen LogP contribution in [0.4, 0.5) is 13.2 Å². The van der Waals surface area contributed by atoms with Gasteiger partial charge in [0.15, 0.2) is 5.69 Å². The molecule has 7 nitrogen and oxygen atoms in total. The molecule has 0 fully saturated rings. The number of carbonyl (C=O) groups excluding carboxylic acids is 1. The lowest BCUT2D eigenvalue weighted by atomic mass is 10.1. The van der Waals surface area contributed by atoms with E-state index in [0.717, 1.165) is 6.07 Å². The Morgan fingerprint density at radius 1 is 1.30 bits per heavy atom. The fourth-order valence-electron chi connectivity index (χ4n) is 3.42. The van der Waals surface area contributed by atoms with Crippen molar-refractivity contribution in [1.29, 1.82) is 5.26 Å². The van der Waals surface area contributed by atoms with E-state index < -0.39 is 11.7 Å². The number of fused-ring (bicyclic) bond motifs is 1. The topological polar surface area (TPSA) is 84.0 Å². The van der Waals surface area contributed by atoms with Crippen molar-refractivity contribution in [1.82, 2.24) is 19.4 Å². The fraction of sp³-hybridized carbons (Fsp3) is 0.391. The maximum absolute atomic E-state index is 13.8. The summed E-state index contributed by atoms with van der Waals surface area (Å²) in [6.07, 6.45) is -2.75. The molecule has 174 valence electrons. The van der Waals surface area contributed by atoms with Crippen LogP contribution in [0.1, 0.15) is 31.5 Å². The normalized spacial score (nSPS) is 11.6. The predicted molar refractivity (Wildman–Crippen MR) is 116 cm³/mol. The summed E-state index contributed by atoms with van der Waals surface area (Å²) in [5.74, 6) is -0.489. The van der Waals surface area contributed by atoms with E-state index in [9.17, 15) is 23.2 Å². The molecule has 0 unspecified atom stereocenters. The third-order valence-corrected chi connectivity index (χ3v) is 5.16. The van der Waals surface area contributed by atoms with E-state index in [0.29, 0.717) is 24.0 Å². The zero-order valence-corrected chi connectivity index (χ0v) is 18.8. The number of benzene rings is 1. The third-order valence-electron chi connectivity index (χ3n) is 5.16. The summed E-state index contributed by atoms with van der Waals surface area (Å²) in [6.45, 7) is 3.97. The molecule has 0 atom stereocenters. The molecule has 2 aromatic heterocycles. The molecular weight excluding hydrogens is 435 g/mol. The highest BCUT2D eigenvalue weighted by atomic mass is 19.4. The van der Waals surface area contributed by atoms with Crippen LogP contribution in [0.25, 0.3) is 22.3 Å². The van der Waals surface area contributed by atoms with E-state index in [1.165, 1.54) is 23.4 Å². The Bertz CT molecular complexity index is 1210. The molecule has 1 amide bonds. The molecule has 3 rings (SSSR count). The third kappa shape index (κ3) is 5.25. The van der Waals surface area contributed by atoms with Crippen molar-refractivity contribution in [3.05, 3.63) is 41.9 Å². The first-order valence-electron chi connectivity index (χ1n) is 10.3. The molecule has 0 N–H and O–H groups in total. The molecular formula is C23H24F3N5O2. The van der Waals surface area contributed by atoms with Gasteiger partial charge in [-0.2, -0.15) is 18.4 Å². The number of hydrogen-bond acceptors (Lipinski definition) is 5. The zero-order chi connectivity index (χ0) is 24.3. The Kier molecular flexibility index (Phi) is 6.91. The Balaban J connectivity index is 1.85. The van der Waals surface area contributed by atoms with Crippen molar-refractivity contribution >= 4 is 16.9 Å². The summed E-state index contributed by atoms with van der Waals surface area (Å²) >= 11 is 0. The lowest BCUT2D eigenvalue weighted by Gasteiger charge is -2.20. The molecule has 0 aliphatic heterocycles. The van der Waals surface area contributed by atoms with E-state index in [1.54, 1.807) is 38.6 Å². The molecule has 0 spiro atoms. The van der Waals surface area contributed by atoms with Gasteiger partial charge in [0, 0.05) is 32.1 Å². The maximum Gasteiger partial charge on any atom is 0.419 e. The van der Waals surface area contributed by atoms with Crippen molar-refractivity contribution in [2.75, 3.05) is 20.2 Å². The summed E-state index contributed by atoms with van der Waals surface area (Å²) in [6, 6.07) is 7.24. The summed E-state index contributed by atoms with van der Waals surface area (Å²) in [4.78, 5) is 21.8. The second kappa shape index (κ2) is 9.48. The first-order valence-corrected chi connectivity index (χ1v) is 10.3. The minimum Gasteiger partial charge on any atom is -0.493 e. The van der Waals surface area contributed by atoms with Crippen LogP contribution in [0, 0.1) is 17.2 Å². The highest BCUT2D eigenvalue weighted by Gasteiger charge is 2.35. The minimum absolute atomic E-state index is 0.0238. The van der Waals surface area contributed by atoms with E-state index in [4.69, 9.17) is 4.74 Å². The van der Waals surface area contributed by atoms with Crippen LogP contribution >= 0.6 is 0 Å². The number of amides is 1. The molecule has 3 aromatic rings. The number of halogens is 3. The van der Waals surface area contributed by atoms with Gasteiger partial charge in [0.1, 0.15) is 17.3 Å². The number of alkyl halides is 3. The smallest absolute Gasteiger partial charge is 0.419 e. The molecule has 0 saturated carbocycles. The van der Waals surface area contributed by atoms with Crippen LogP contribution in [0.5, 0.6) is 5.75 Å². The molecule has 0 radical (unpaired) electrons. The average Bonchev–Trinajstić information content (AvgIpc) is 3.15. The van der Waals surface area contributed by atoms with Crippen molar-refractivity contribution < 1.29 is 22.7 Å².